The number of hydrogen-bond acceptors (Lipinski definition) is 6. The number of rotatable bonds is 4. The van der Waals surface area contributed by atoms with E-state index in [0.29, 0.717) is 0 Å². The molecule has 0 bridgehead atoms. The molecule has 5 nitrogen and oxygen atoms in total. The summed E-state index contributed by atoms with van der Waals surface area (Å²) in [4.78, 5) is 4.69. The Morgan fingerprint density at radius 1 is 0.840 bits per heavy atom. The molecule has 2 aromatic carbocycles. The van der Waals surface area contributed by atoms with Crippen molar-refractivity contribution in [3.8, 4) is 16.3 Å². The first-order valence-corrected chi connectivity index (χ1v) is 9.18. The van der Waals surface area contributed by atoms with Gasteiger partial charge in [-0.15, -0.1) is 10.2 Å². The van der Waals surface area contributed by atoms with Crippen molar-refractivity contribution < 1.29 is 4.74 Å². The number of piperazine rings is 1. The highest BCUT2D eigenvalue weighted by molar-refractivity contribution is 7.18. The molecule has 4 rings (SSSR count). The molecule has 1 aliphatic rings. The highest BCUT2D eigenvalue weighted by Crippen LogP contribution is 2.31. The second kappa shape index (κ2) is 7.11. The van der Waals surface area contributed by atoms with E-state index in [1.54, 1.807) is 18.4 Å². The van der Waals surface area contributed by atoms with Crippen molar-refractivity contribution in [2.75, 3.05) is 43.1 Å². The maximum Gasteiger partial charge on any atom is 0.208 e. The molecule has 0 aliphatic carbocycles. The Balaban J connectivity index is 1.45. The van der Waals surface area contributed by atoms with E-state index in [0.717, 1.165) is 53.3 Å². The van der Waals surface area contributed by atoms with Crippen LogP contribution in [-0.4, -0.2) is 43.5 Å². The standard InChI is InChI=1S/C19H20N4OS/c1-24-17-10-6-5-9-16(17)22-11-13-23(14-12-22)19-21-20-18(25-19)15-7-3-2-4-8-15/h2-10H,11-14H2,1H3. The van der Waals surface area contributed by atoms with E-state index in [-0.39, 0.29) is 0 Å². The number of anilines is 2. The fourth-order valence-corrected chi connectivity index (χ4v) is 3.97. The fraction of sp³-hybridized carbons (Fsp3) is 0.263. The van der Waals surface area contributed by atoms with Gasteiger partial charge in [0.1, 0.15) is 10.8 Å². The van der Waals surface area contributed by atoms with Gasteiger partial charge in [0, 0.05) is 31.7 Å². The SMILES string of the molecule is COc1ccccc1N1CCN(c2nnc(-c3ccccc3)s2)CC1. The van der Waals surface area contributed by atoms with E-state index in [2.05, 4.69) is 44.3 Å². The molecule has 1 saturated heterocycles. The van der Waals surface area contributed by atoms with Crippen molar-refractivity contribution in [3.63, 3.8) is 0 Å². The summed E-state index contributed by atoms with van der Waals surface area (Å²) >= 11 is 1.66. The lowest BCUT2D eigenvalue weighted by atomic mass is 10.2. The number of methoxy groups -OCH3 is 1. The molecular weight excluding hydrogens is 332 g/mol. The highest BCUT2D eigenvalue weighted by atomic mass is 32.1. The van der Waals surface area contributed by atoms with E-state index in [1.165, 1.54) is 0 Å². The van der Waals surface area contributed by atoms with Gasteiger partial charge in [-0.2, -0.15) is 0 Å². The molecule has 1 fully saturated rings. The zero-order chi connectivity index (χ0) is 17.1. The number of benzene rings is 2. The highest BCUT2D eigenvalue weighted by Gasteiger charge is 2.22. The monoisotopic (exact) mass is 352 g/mol. The quantitative estimate of drug-likeness (QED) is 0.718. The number of para-hydroxylation sites is 2. The minimum absolute atomic E-state index is 0.929. The van der Waals surface area contributed by atoms with E-state index in [4.69, 9.17) is 4.74 Å². The Labute approximate surface area is 151 Å². The van der Waals surface area contributed by atoms with E-state index in [1.807, 2.05) is 30.3 Å². The summed E-state index contributed by atoms with van der Waals surface area (Å²) in [6, 6.07) is 18.4. The predicted octanol–water partition coefficient (Wildman–Crippen LogP) is 3.54. The van der Waals surface area contributed by atoms with Gasteiger partial charge in [0.2, 0.25) is 5.13 Å². The minimum atomic E-state index is 0.929. The van der Waals surface area contributed by atoms with Crippen LogP contribution in [0.4, 0.5) is 10.8 Å². The summed E-state index contributed by atoms with van der Waals surface area (Å²) in [7, 11) is 1.72. The second-order valence-corrected chi connectivity index (χ2v) is 6.86. The first kappa shape index (κ1) is 15.9. The number of nitrogens with zero attached hydrogens (tertiary/aromatic N) is 4. The Hall–Kier alpha value is -2.60. The van der Waals surface area contributed by atoms with Crippen LogP contribution in [0.25, 0.3) is 10.6 Å². The zero-order valence-electron chi connectivity index (χ0n) is 14.1. The van der Waals surface area contributed by atoms with Gasteiger partial charge in [-0.05, 0) is 12.1 Å². The largest absolute Gasteiger partial charge is 0.495 e. The summed E-state index contributed by atoms with van der Waals surface area (Å²) in [5.41, 5.74) is 2.28. The van der Waals surface area contributed by atoms with E-state index in [9.17, 15) is 0 Å². The summed E-state index contributed by atoms with van der Waals surface area (Å²) in [5.74, 6) is 0.929. The molecule has 0 saturated carbocycles. The van der Waals surface area contributed by atoms with Crippen molar-refractivity contribution >= 4 is 22.2 Å². The Bertz CT molecular complexity index is 828. The maximum atomic E-state index is 5.49. The summed E-state index contributed by atoms with van der Waals surface area (Å²) in [5, 5.41) is 10.7. The number of hydrogen-bond donors (Lipinski definition) is 0. The molecule has 25 heavy (non-hydrogen) atoms. The van der Waals surface area contributed by atoms with Crippen LogP contribution in [0.15, 0.2) is 54.6 Å². The van der Waals surface area contributed by atoms with Crippen molar-refractivity contribution in [1.29, 1.82) is 0 Å². The first-order chi connectivity index (χ1) is 12.3. The Kier molecular flexibility index (Phi) is 4.52. The van der Waals surface area contributed by atoms with Gasteiger partial charge in [-0.3, -0.25) is 0 Å². The number of aromatic nitrogens is 2. The van der Waals surface area contributed by atoms with Gasteiger partial charge < -0.3 is 14.5 Å². The molecule has 1 aliphatic heterocycles. The van der Waals surface area contributed by atoms with Crippen LogP contribution >= 0.6 is 11.3 Å². The van der Waals surface area contributed by atoms with Crippen LogP contribution in [0, 0.1) is 0 Å². The van der Waals surface area contributed by atoms with Crippen molar-refractivity contribution in [3.05, 3.63) is 54.6 Å². The Morgan fingerprint density at radius 2 is 1.52 bits per heavy atom. The molecule has 0 atom stereocenters. The van der Waals surface area contributed by atoms with Gasteiger partial charge in [-0.25, -0.2) is 0 Å². The lowest BCUT2D eigenvalue weighted by Gasteiger charge is -2.36. The van der Waals surface area contributed by atoms with Gasteiger partial charge in [0.05, 0.1) is 12.8 Å². The molecular formula is C19H20N4OS. The normalized spacial score (nSPS) is 14.6. The summed E-state index contributed by atoms with van der Waals surface area (Å²) < 4.78 is 5.49. The molecule has 0 radical (unpaired) electrons. The average Bonchev–Trinajstić information content (AvgIpc) is 3.19. The van der Waals surface area contributed by atoms with Crippen molar-refractivity contribution in [2.24, 2.45) is 0 Å². The van der Waals surface area contributed by atoms with Crippen LogP contribution in [0.5, 0.6) is 5.75 Å². The lowest BCUT2D eigenvalue weighted by molar-refractivity contribution is 0.413. The average molecular weight is 352 g/mol. The fourth-order valence-electron chi connectivity index (χ4n) is 3.07. The van der Waals surface area contributed by atoms with E-state index >= 15 is 0 Å². The molecule has 6 heteroatoms. The third-order valence-electron chi connectivity index (χ3n) is 4.41. The molecule has 128 valence electrons. The smallest absolute Gasteiger partial charge is 0.208 e. The van der Waals surface area contributed by atoms with Crippen LogP contribution in [0.1, 0.15) is 0 Å². The maximum absolute atomic E-state index is 5.49. The molecule has 0 spiro atoms. The van der Waals surface area contributed by atoms with Gasteiger partial charge in [-0.1, -0.05) is 53.8 Å². The predicted molar refractivity (Wildman–Crippen MR) is 103 cm³/mol. The van der Waals surface area contributed by atoms with Crippen molar-refractivity contribution in [2.45, 2.75) is 0 Å². The topological polar surface area (TPSA) is 41.5 Å². The summed E-state index contributed by atoms with van der Waals surface area (Å²) in [6.45, 7) is 3.75. The lowest BCUT2D eigenvalue weighted by Crippen LogP contribution is -2.46. The molecule has 0 amide bonds. The van der Waals surface area contributed by atoms with Gasteiger partial charge in [0.15, 0.2) is 0 Å². The third-order valence-corrected chi connectivity index (χ3v) is 5.44. The molecule has 0 unspecified atom stereocenters. The van der Waals surface area contributed by atoms with Crippen LogP contribution in [-0.2, 0) is 0 Å². The number of ether oxygens (including phenoxy) is 1. The van der Waals surface area contributed by atoms with Crippen LogP contribution in [0.3, 0.4) is 0 Å². The minimum Gasteiger partial charge on any atom is -0.495 e. The molecule has 2 heterocycles. The first-order valence-electron chi connectivity index (χ1n) is 8.37. The second-order valence-electron chi connectivity index (χ2n) is 5.90. The van der Waals surface area contributed by atoms with Gasteiger partial charge in [0.25, 0.3) is 0 Å². The third kappa shape index (κ3) is 3.30. The molecule has 3 aromatic rings. The van der Waals surface area contributed by atoms with E-state index < -0.39 is 0 Å². The van der Waals surface area contributed by atoms with Crippen molar-refractivity contribution in [1.82, 2.24) is 10.2 Å². The molecule has 0 N–H and O–H groups in total. The summed E-state index contributed by atoms with van der Waals surface area (Å²) in [6.07, 6.45) is 0. The zero-order valence-corrected chi connectivity index (χ0v) is 14.9. The molecule has 1 aromatic heterocycles. The van der Waals surface area contributed by atoms with Crippen LogP contribution in [0.2, 0.25) is 0 Å². The Morgan fingerprint density at radius 3 is 2.28 bits per heavy atom. The van der Waals surface area contributed by atoms with Gasteiger partial charge >= 0.3 is 0 Å². The van der Waals surface area contributed by atoms with Crippen LogP contribution < -0.4 is 14.5 Å².